The molecule has 0 saturated heterocycles. The van der Waals surface area contributed by atoms with Crippen molar-refractivity contribution in [3.63, 3.8) is 0 Å². The number of hydrogen-bond donors (Lipinski definition) is 3. The Hall–Kier alpha value is -2.34. The number of aromatic nitrogens is 2. The topological polar surface area (TPSA) is 79.2 Å². The first kappa shape index (κ1) is 15.1. The van der Waals surface area contributed by atoms with Crippen LogP contribution in [-0.4, -0.2) is 27.5 Å². The van der Waals surface area contributed by atoms with Crippen molar-refractivity contribution in [3.8, 4) is 0 Å². The average molecular weight is 288 g/mol. The lowest BCUT2D eigenvalue weighted by Crippen LogP contribution is -2.33. The molecular weight excluding hydrogens is 268 g/mol. The van der Waals surface area contributed by atoms with Crippen molar-refractivity contribution in [2.75, 3.05) is 11.9 Å². The van der Waals surface area contributed by atoms with E-state index in [4.69, 9.17) is 5.11 Å². The summed E-state index contributed by atoms with van der Waals surface area (Å²) >= 11 is 0. The van der Waals surface area contributed by atoms with E-state index in [0.29, 0.717) is 18.7 Å². The molecule has 2 rings (SSSR count). The Kier molecular flexibility index (Phi) is 5.34. The Morgan fingerprint density at radius 1 is 1.33 bits per heavy atom. The molecule has 6 heteroatoms. The smallest absolute Gasteiger partial charge is 0.320 e. The molecule has 0 aliphatic rings. The van der Waals surface area contributed by atoms with E-state index < -0.39 is 0 Å². The summed E-state index contributed by atoms with van der Waals surface area (Å²) in [5, 5.41) is 18.7. The summed E-state index contributed by atoms with van der Waals surface area (Å²) in [6.07, 6.45) is 3.07. The van der Waals surface area contributed by atoms with E-state index in [1.54, 1.807) is 24.0 Å². The molecule has 2 aromatic rings. The minimum Gasteiger partial charge on any atom is -0.396 e. The molecule has 112 valence electrons. The molecule has 1 aromatic carbocycles. The highest BCUT2D eigenvalue weighted by molar-refractivity contribution is 5.88. The molecule has 2 amide bonds. The number of urea groups is 1. The maximum absolute atomic E-state index is 12.0. The van der Waals surface area contributed by atoms with Gasteiger partial charge < -0.3 is 10.4 Å². The molecule has 3 N–H and O–H groups in total. The van der Waals surface area contributed by atoms with Crippen LogP contribution in [0, 0.1) is 0 Å². The maximum atomic E-state index is 12.0. The molecule has 0 radical (unpaired) electrons. The first-order chi connectivity index (χ1) is 10.2. The summed E-state index contributed by atoms with van der Waals surface area (Å²) in [5.41, 5.74) is 1.02. The number of aryl methyl sites for hydroxylation is 1. The fourth-order valence-corrected chi connectivity index (χ4v) is 2.10. The molecule has 6 nitrogen and oxygen atoms in total. The Labute approximate surface area is 123 Å². The van der Waals surface area contributed by atoms with Crippen molar-refractivity contribution in [3.05, 3.63) is 48.2 Å². The highest BCUT2D eigenvalue weighted by atomic mass is 16.3. The number of nitrogens with one attached hydrogen (secondary N) is 2. The predicted molar refractivity (Wildman–Crippen MR) is 80.9 cm³/mol. The number of carbonyl (C=O) groups excluding carboxylic acids is 1. The van der Waals surface area contributed by atoms with Crippen LogP contribution in [0.25, 0.3) is 0 Å². The van der Waals surface area contributed by atoms with Crippen molar-refractivity contribution in [2.24, 2.45) is 7.05 Å². The van der Waals surface area contributed by atoms with E-state index >= 15 is 0 Å². The third-order valence-corrected chi connectivity index (χ3v) is 3.11. The Morgan fingerprint density at radius 2 is 2.10 bits per heavy atom. The van der Waals surface area contributed by atoms with Crippen LogP contribution in [0.3, 0.4) is 0 Å². The zero-order valence-corrected chi connectivity index (χ0v) is 12.0. The molecule has 1 heterocycles. The second-order valence-electron chi connectivity index (χ2n) is 4.80. The van der Waals surface area contributed by atoms with Gasteiger partial charge in [0.15, 0.2) is 5.82 Å². The number of anilines is 1. The van der Waals surface area contributed by atoms with Crippen LogP contribution in [-0.2, 0) is 7.05 Å². The Balaban J connectivity index is 1.99. The highest BCUT2D eigenvalue weighted by Gasteiger charge is 2.14. The minimum atomic E-state index is -0.305. The molecule has 0 aliphatic carbocycles. The van der Waals surface area contributed by atoms with Crippen LogP contribution in [0.4, 0.5) is 10.6 Å². The summed E-state index contributed by atoms with van der Waals surface area (Å²) in [6, 6.07) is 11.0. The summed E-state index contributed by atoms with van der Waals surface area (Å²) in [6.45, 7) is 0.104. The number of benzene rings is 1. The van der Waals surface area contributed by atoms with E-state index in [2.05, 4.69) is 15.7 Å². The molecule has 21 heavy (non-hydrogen) atoms. The van der Waals surface area contributed by atoms with Crippen molar-refractivity contribution in [1.29, 1.82) is 0 Å². The zero-order valence-electron chi connectivity index (χ0n) is 12.0. The summed E-state index contributed by atoms with van der Waals surface area (Å²) in [7, 11) is 1.79. The lowest BCUT2D eigenvalue weighted by molar-refractivity contribution is 0.243. The molecule has 0 aliphatic heterocycles. The number of amides is 2. The van der Waals surface area contributed by atoms with Crippen LogP contribution in [0.1, 0.15) is 24.4 Å². The first-order valence-electron chi connectivity index (χ1n) is 6.92. The molecule has 1 unspecified atom stereocenters. The van der Waals surface area contributed by atoms with Crippen LogP contribution in [0.15, 0.2) is 42.6 Å². The zero-order chi connectivity index (χ0) is 15.1. The predicted octanol–water partition coefficient (Wildman–Crippen LogP) is 2.06. The molecule has 0 spiro atoms. The van der Waals surface area contributed by atoms with Gasteiger partial charge in [-0.25, -0.2) is 4.79 Å². The van der Waals surface area contributed by atoms with Crippen LogP contribution >= 0.6 is 0 Å². The van der Waals surface area contributed by atoms with E-state index in [1.807, 2.05) is 30.3 Å². The third-order valence-electron chi connectivity index (χ3n) is 3.11. The number of carbonyl (C=O) groups is 1. The van der Waals surface area contributed by atoms with Crippen LogP contribution in [0.5, 0.6) is 0 Å². The molecule has 0 fully saturated rings. The Morgan fingerprint density at radius 3 is 2.71 bits per heavy atom. The Bertz CT molecular complexity index is 568. The lowest BCUT2D eigenvalue weighted by Gasteiger charge is -2.18. The molecule has 0 saturated carbocycles. The standard InChI is InChI=1S/C15H20N4O2/c1-19-10-9-14(18-19)17-15(21)16-13(8-5-11-20)12-6-3-2-4-7-12/h2-4,6-7,9-10,13,20H,5,8,11H2,1H3,(H2,16,17,18,21). The second-order valence-corrected chi connectivity index (χ2v) is 4.80. The lowest BCUT2D eigenvalue weighted by atomic mass is 10.0. The van der Waals surface area contributed by atoms with Crippen molar-refractivity contribution >= 4 is 11.8 Å². The van der Waals surface area contributed by atoms with Gasteiger partial charge >= 0.3 is 6.03 Å². The van der Waals surface area contributed by atoms with Crippen LogP contribution < -0.4 is 10.6 Å². The summed E-state index contributed by atoms with van der Waals surface area (Å²) in [4.78, 5) is 12.0. The van der Waals surface area contributed by atoms with Gasteiger partial charge in [0.05, 0.1) is 6.04 Å². The summed E-state index contributed by atoms with van der Waals surface area (Å²) in [5.74, 6) is 0.504. The number of rotatable bonds is 6. The van der Waals surface area contributed by atoms with Crippen molar-refractivity contribution < 1.29 is 9.90 Å². The van der Waals surface area contributed by atoms with Gasteiger partial charge in [-0.15, -0.1) is 0 Å². The second kappa shape index (κ2) is 7.44. The summed E-state index contributed by atoms with van der Waals surface area (Å²) < 4.78 is 1.62. The van der Waals surface area contributed by atoms with E-state index in [-0.39, 0.29) is 18.7 Å². The normalized spacial score (nSPS) is 11.9. The van der Waals surface area contributed by atoms with E-state index in [0.717, 1.165) is 5.56 Å². The highest BCUT2D eigenvalue weighted by Crippen LogP contribution is 2.18. The molecule has 0 bridgehead atoms. The minimum absolute atomic E-state index is 0.104. The van der Waals surface area contributed by atoms with Gasteiger partial charge in [-0.3, -0.25) is 10.00 Å². The number of aliphatic hydroxyl groups excluding tert-OH is 1. The molecule has 1 aromatic heterocycles. The van der Waals surface area contributed by atoms with Crippen molar-refractivity contribution in [1.82, 2.24) is 15.1 Å². The van der Waals surface area contributed by atoms with Crippen molar-refractivity contribution in [2.45, 2.75) is 18.9 Å². The monoisotopic (exact) mass is 288 g/mol. The van der Waals surface area contributed by atoms with Gasteiger partial charge in [0, 0.05) is 25.9 Å². The average Bonchev–Trinajstić information content (AvgIpc) is 2.89. The first-order valence-corrected chi connectivity index (χ1v) is 6.92. The van der Waals surface area contributed by atoms with Gasteiger partial charge in [0.25, 0.3) is 0 Å². The number of nitrogens with zero attached hydrogens (tertiary/aromatic N) is 2. The maximum Gasteiger partial charge on any atom is 0.320 e. The van der Waals surface area contributed by atoms with Gasteiger partial charge in [0.1, 0.15) is 0 Å². The van der Waals surface area contributed by atoms with Gasteiger partial charge in [0.2, 0.25) is 0 Å². The largest absolute Gasteiger partial charge is 0.396 e. The van der Waals surface area contributed by atoms with Gasteiger partial charge in [-0.1, -0.05) is 30.3 Å². The molecule has 1 atom stereocenters. The number of aliphatic hydroxyl groups is 1. The third kappa shape index (κ3) is 4.61. The van der Waals surface area contributed by atoms with Gasteiger partial charge in [-0.2, -0.15) is 5.10 Å². The van der Waals surface area contributed by atoms with Gasteiger partial charge in [-0.05, 0) is 18.4 Å². The van der Waals surface area contributed by atoms with Crippen LogP contribution in [0.2, 0.25) is 0 Å². The quantitative estimate of drug-likeness (QED) is 0.761. The number of hydrogen-bond acceptors (Lipinski definition) is 3. The SMILES string of the molecule is Cn1ccc(NC(=O)NC(CCCO)c2ccccc2)n1. The van der Waals surface area contributed by atoms with E-state index in [1.165, 1.54) is 0 Å². The fraction of sp³-hybridized carbons (Fsp3) is 0.333. The van der Waals surface area contributed by atoms with E-state index in [9.17, 15) is 4.79 Å². The molecular formula is C15H20N4O2. The fourth-order valence-electron chi connectivity index (χ4n) is 2.10.